The first kappa shape index (κ1) is 14.9. The van der Waals surface area contributed by atoms with E-state index < -0.39 is 18.5 Å². The van der Waals surface area contributed by atoms with Crippen LogP contribution in [0.4, 0.5) is 13.2 Å². The van der Waals surface area contributed by atoms with E-state index in [1.807, 2.05) is 13.0 Å². The summed E-state index contributed by atoms with van der Waals surface area (Å²) in [6.07, 6.45) is 7.86. The average Bonchev–Trinajstić information content (AvgIpc) is 2.46. The number of alkyl halides is 1. The lowest BCUT2D eigenvalue weighted by Gasteiger charge is -2.27. The summed E-state index contributed by atoms with van der Waals surface area (Å²) in [5.74, 6) is -1.78. The normalized spacial score (nSPS) is 23.2. The van der Waals surface area contributed by atoms with E-state index in [1.54, 1.807) is 0 Å². The minimum Gasteiger partial charge on any atom is -0.460 e. The molecule has 20 heavy (non-hydrogen) atoms. The van der Waals surface area contributed by atoms with E-state index in [0.29, 0.717) is 11.5 Å². The molecule has 1 aliphatic carbocycles. The van der Waals surface area contributed by atoms with Crippen LogP contribution in [-0.2, 0) is 0 Å². The maximum atomic E-state index is 14.0. The Morgan fingerprint density at radius 3 is 2.45 bits per heavy atom. The third-order valence-electron chi connectivity index (χ3n) is 3.96. The Morgan fingerprint density at radius 2 is 1.85 bits per heavy atom. The van der Waals surface area contributed by atoms with E-state index in [-0.39, 0.29) is 11.7 Å². The van der Waals surface area contributed by atoms with Crippen molar-refractivity contribution in [1.29, 1.82) is 0 Å². The molecule has 0 heterocycles. The van der Waals surface area contributed by atoms with Crippen LogP contribution in [0.25, 0.3) is 0 Å². The van der Waals surface area contributed by atoms with Crippen molar-refractivity contribution in [3.8, 4) is 5.75 Å². The zero-order valence-corrected chi connectivity index (χ0v) is 11.5. The summed E-state index contributed by atoms with van der Waals surface area (Å²) in [7, 11) is 0. The van der Waals surface area contributed by atoms with Gasteiger partial charge in [-0.05, 0) is 56.1 Å². The maximum absolute atomic E-state index is 14.0. The third-order valence-corrected chi connectivity index (χ3v) is 3.96. The highest BCUT2D eigenvalue weighted by atomic mass is 19.2. The Morgan fingerprint density at radius 1 is 1.15 bits per heavy atom. The molecular formula is C16H19F3O. The molecule has 0 saturated heterocycles. The topological polar surface area (TPSA) is 9.23 Å². The van der Waals surface area contributed by atoms with Gasteiger partial charge in [0, 0.05) is 0 Å². The Balaban J connectivity index is 2.12. The second kappa shape index (κ2) is 6.82. The van der Waals surface area contributed by atoms with Crippen LogP contribution in [0.2, 0.25) is 0 Å². The molecular weight excluding hydrogens is 265 g/mol. The largest absolute Gasteiger partial charge is 0.460 e. The van der Waals surface area contributed by atoms with E-state index in [2.05, 4.69) is 10.8 Å². The molecule has 0 spiro atoms. The van der Waals surface area contributed by atoms with Crippen LogP contribution in [0.15, 0.2) is 24.3 Å². The Hall–Kier alpha value is -1.45. The van der Waals surface area contributed by atoms with Crippen LogP contribution in [0.3, 0.4) is 0 Å². The fraction of sp³-hybridized carbons (Fsp3) is 0.500. The van der Waals surface area contributed by atoms with Crippen LogP contribution >= 0.6 is 0 Å². The number of halogens is 3. The first-order valence-electron chi connectivity index (χ1n) is 6.96. The molecule has 0 N–H and O–H groups in total. The maximum Gasteiger partial charge on any atom is 0.228 e. The fourth-order valence-electron chi connectivity index (χ4n) is 2.93. The van der Waals surface area contributed by atoms with Crippen molar-refractivity contribution in [1.82, 2.24) is 0 Å². The van der Waals surface area contributed by atoms with Gasteiger partial charge in [0.25, 0.3) is 0 Å². The summed E-state index contributed by atoms with van der Waals surface area (Å²) in [4.78, 5) is 0. The van der Waals surface area contributed by atoms with Gasteiger partial charge in [0.2, 0.25) is 12.7 Å². The predicted molar refractivity (Wildman–Crippen MR) is 72.5 cm³/mol. The number of hydrogen-bond acceptors (Lipinski definition) is 1. The molecule has 0 bridgehead atoms. The van der Waals surface area contributed by atoms with E-state index >= 15 is 0 Å². The van der Waals surface area contributed by atoms with Crippen LogP contribution in [0, 0.1) is 17.6 Å². The monoisotopic (exact) mass is 284 g/mol. The van der Waals surface area contributed by atoms with Gasteiger partial charge in [-0.1, -0.05) is 18.2 Å². The highest BCUT2D eigenvalue weighted by molar-refractivity contribution is 5.33. The first-order chi connectivity index (χ1) is 9.67. The van der Waals surface area contributed by atoms with Gasteiger partial charge in [-0.3, -0.25) is 0 Å². The molecule has 4 heteroatoms. The minimum atomic E-state index is -1.16. The smallest absolute Gasteiger partial charge is 0.228 e. The molecule has 0 aromatic heterocycles. The molecule has 1 fully saturated rings. The number of benzene rings is 1. The molecule has 0 amide bonds. The molecule has 0 unspecified atom stereocenters. The van der Waals surface area contributed by atoms with E-state index in [1.165, 1.54) is 12.1 Å². The SMILES string of the molecule is C/C=C/C1CCC(c2ccc(OCF)c(F)c2F)CC1. The summed E-state index contributed by atoms with van der Waals surface area (Å²) in [6.45, 7) is 0.828. The quantitative estimate of drug-likeness (QED) is 0.697. The third kappa shape index (κ3) is 3.17. The van der Waals surface area contributed by atoms with E-state index in [4.69, 9.17) is 0 Å². The van der Waals surface area contributed by atoms with Gasteiger partial charge in [0.15, 0.2) is 11.6 Å². The van der Waals surface area contributed by atoms with Crippen LogP contribution < -0.4 is 4.74 Å². The fourth-order valence-corrected chi connectivity index (χ4v) is 2.93. The highest BCUT2D eigenvalue weighted by Crippen LogP contribution is 2.38. The van der Waals surface area contributed by atoms with Crippen molar-refractivity contribution in [2.24, 2.45) is 5.92 Å². The number of ether oxygens (including phenoxy) is 1. The van der Waals surface area contributed by atoms with Crippen LogP contribution in [0.1, 0.15) is 44.1 Å². The highest BCUT2D eigenvalue weighted by Gasteiger charge is 2.25. The molecule has 0 atom stereocenters. The second-order valence-corrected chi connectivity index (χ2v) is 5.17. The lowest BCUT2D eigenvalue weighted by molar-refractivity contribution is 0.182. The zero-order chi connectivity index (χ0) is 14.5. The summed E-state index contributed by atoms with van der Waals surface area (Å²) in [6, 6.07) is 2.83. The predicted octanol–water partition coefficient (Wildman–Crippen LogP) is 5.12. The van der Waals surface area contributed by atoms with Crippen molar-refractivity contribution in [2.75, 3.05) is 6.86 Å². The van der Waals surface area contributed by atoms with Gasteiger partial charge >= 0.3 is 0 Å². The lowest BCUT2D eigenvalue weighted by Crippen LogP contribution is -2.13. The molecule has 2 rings (SSSR count). The van der Waals surface area contributed by atoms with Crippen molar-refractivity contribution < 1.29 is 17.9 Å². The van der Waals surface area contributed by atoms with Crippen molar-refractivity contribution in [3.05, 3.63) is 41.5 Å². The van der Waals surface area contributed by atoms with Crippen LogP contribution in [0.5, 0.6) is 5.75 Å². The molecule has 1 saturated carbocycles. The van der Waals surface area contributed by atoms with Gasteiger partial charge in [-0.25, -0.2) is 8.78 Å². The van der Waals surface area contributed by atoms with Crippen molar-refractivity contribution >= 4 is 0 Å². The minimum absolute atomic E-state index is 0.0328. The summed E-state index contributed by atoms with van der Waals surface area (Å²) < 4.78 is 44.2. The Labute approximate surface area is 117 Å². The molecule has 1 aromatic carbocycles. The van der Waals surface area contributed by atoms with Crippen LogP contribution in [-0.4, -0.2) is 6.86 Å². The summed E-state index contributed by atoms with van der Waals surface area (Å²) >= 11 is 0. The summed E-state index contributed by atoms with van der Waals surface area (Å²) in [5.41, 5.74) is 0.382. The second-order valence-electron chi connectivity index (χ2n) is 5.17. The molecule has 0 aliphatic heterocycles. The van der Waals surface area contributed by atoms with Gasteiger partial charge in [-0.2, -0.15) is 4.39 Å². The van der Waals surface area contributed by atoms with Gasteiger partial charge in [0.05, 0.1) is 0 Å². The zero-order valence-electron chi connectivity index (χ0n) is 11.5. The Bertz CT molecular complexity index is 477. The molecule has 1 nitrogen and oxygen atoms in total. The molecule has 0 radical (unpaired) electrons. The lowest BCUT2D eigenvalue weighted by atomic mass is 9.78. The number of rotatable bonds is 4. The van der Waals surface area contributed by atoms with Crippen molar-refractivity contribution in [3.63, 3.8) is 0 Å². The van der Waals surface area contributed by atoms with Crippen molar-refractivity contribution in [2.45, 2.75) is 38.5 Å². The molecule has 1 aromatic rings. The summed E-state index contributed by atoms with van der Waals surface area (Å²) in [5, 5.41) is 0. The standard InChI is InChI=1S/C16H19F3O/c1-2-3-11-4-6-12(7-5-11)13-8-9-14(20-10-17)16(19)15(13)18/h2-3,8-9,11-12H,4-7,10H2,1H3/b3-2+. The van der Waals surface area contributed by atoms with Gasteiger partial charge < -0.3 is 4.74 Å². The Kier molecular flexibility index (Phi) is 5.10. The number of hydrogen-bond donors (Lipinski definition) is 0. The molecule has 1 aliphatic rings. The first-order valence-corrected chi connectivity index (χ1v) is 6.96. The number of allylic oxidation sites excluding steroid dienone is 2. The average molecular weight is 284 g/mol. The van der Waals surface area contributed by atoms with E-state index in [9.17, 15) is 13.2 Å². The van der Waals surface area contributed by atoms with Gasteiger partial charge in [0.1, 0.15) is 0 Å². The van der Waals surface area contributed by atoms with Gasteiger partial charge in [-0.15, -0.1) is 0 Å². The molecule has 110 valence electrons. The van der Waals surface area contributed by atoms with E-state index in [0.717, 1.165) is 25.7 Å².